The first kappa shape index (κ1) is 20.2. The first-order chi connectivity index (χ1) is 14.4. The first-order valence-electron chi connectivity index (χ1n) is 9.03. The van der Waals surface area contributed by atoms with Crippen LogP contribution in [0.15, 0.2) is 36.7 Å². The molecule has 0 spiro atoms. The van der Waals surface area contributed by atoms with E-state index in [-0.39, 0.29) is 29.3 Å². The van der Waals surface area contributed by atoms with Gasteiger partial charge in [-0.25, -0.2) is 9.78 Å². The van der Waals surface area contributed by atoms with Gasteiger partial charge in [0.1, 0.15) is 18.2 Å². The smallest absolute Gasteiger partial charge is 0.338 e. The van der Waals surface area contributed by atoms with Gasteiger partial charge in [0.25, 0.3) is 0 Å². The van der Waals surface area contributed by atoms with Crippen LogP contribution in [0.4, 0.5) is 4.39 Å². The van der Waals surface area contributed by atoms with Gasteiger partial charge in [-0.3, -0.25) is 9.36 Å². The summed E-state index contributed by atoms with van der Waals surface area (Å²) in [5.41, 5.74) is 0.685. The van der Waals surface area contributed by atoms with E-state index in [4.69, 9.17) is 25.8 Å². The van der Waals surface area contributed by atoms with Crippen LogP contribution in [0.2, 0.25) is 5.15 Å². The van der Waals surface area contributed by atoms with Crippen molar-refractivity contribution in [2.45, 2.75) is 31.8 Å². The summed E-state index contributed by atoms with van der Waals surface area (Å²) in [6, 6.07) is 8.52. The quantitative estimate of drug-likeness (QED) is 0.343. The number of hydrogen-bond acceptors (Lipinski definition) is 8. The van der Waals surface area contributed by atoms with Crippen LogP contribution < -0.4 is 0 Å². The number of imidazole rings is 1. The maximum absolute atomic E-state index is 13.7. The number of ether oxygens (including phenoxy) is 3. The predicted octanol–water partition coefficient (Wildman–Crippen LogP) is 2.70. The highest BCUT2D eigenvalue weighted by Crippen LogP contribution is 2.34. The monoisotopic (exact) mass is 434 g/mol. The van der Waals surface area contributed by atoms with E-state index >= 15 is 0 Å². The van der Waals surface area contributed by atoms with Gasteiger partial charge in [0.05, 0.1) is 18.0 Å². The van der Waals surface area contributed by atoms with Gasteiger partial charge in [0.15, 0.2) is 17.0 Å². The molecule has 1 aromatic carbocycles. The minimum Gasteiger partial charge on any atom is -0.459 e. The number of carbonyl (C=O) groups excluding carboxylic acids is 2. The highest BCUT2D eigenvalue weighted by Gasteiger charge is 2.40. The molecule has 0 saturated carbocycles. The molecule has 3 heterocycles. The Kier molecular flexibility index (Phi) is 5.60. The van der Waals surface area contributed by atoms with Crippen molar-refractivity contribution in [1.29, 1.82) is 0 Å². The van der Waals surface area contributed by atoms with Gasteiger partial charge in [0.2, 0.25) is 0 Å². The number of fused-ring (bicyclic) bond motifs is 1. The van der Waals surface area contributed by atoms with E-state index in [0.717, 1.165) is 0 Å². The summed E-state index contributed by atoms with van der Waals surface area (Å²) in [5, 5.41) is -0.147. The van der Waals surface area contributed by atoms with Gasteiger partial charge in [-0.15, -0.1) is 0 Å². The van der Waals surface area contributed by atoms with Crippen molar-refractivity contribution in [2.75, 3.05) is 6.61 Å². The third-order valence-electron chi connectivity index (χ3n) is 4.50. The molecule has 1 saturated heterocycles. The van der Waals surface area contributed by atoms with Crippen LogP contribution in [-0.4, -0.2) is 50.3 Å². The number of esters is 2. The van der Waals surface area contributed by atoms with Crippen LogP contribution in [0.1, 0.15) is 29.9 Å². The SMILES string of the molecule is CC(=O)O[C@@H]1C[C@@H](COC(=O)c2ccccc2)O[C@H]1n1cnc2c(Cl)nc(F)nc21. The Morgan fingerprint density at radius 1 is 1.30 bits per heavy atom. The second-order valence-corrected chi connectivity index (χ2v) is 6.96. The van der Waals surface area contributed by atoms with Crippen molar-refractivity contribution in [3.8, 4) is 0 Å². The molecule has 0 unspecified atom stereocenters. The maximum atomic E-state index is 13.7. The van der Waals surface area contributed by atoms with Crippen molar-refractivity contribution in [3.05, 3.63) is 53.5 Å². The van der Waals surface area contributed by atoms with E-state index in [9.17, 15) is 14.0 Å². The van der Waals surface area contributed by atoms with E-state index in [1.54, 1.807) is 30.3 Å². The van der Waals surface area contributed by atoms with Crippen LogP contribution in [0.5, 0.6) is 0 Å². The summed E-state index contributed by atoms with van der Waals surface area (Å²) >= 11 is 5.92. The summed E-state index contributed by atoms with van der Waals surface area (Å²) in [4.78, 5) is 35.0. The van der Waals surface area contributed by atoms with Gasteiger partial charge in [-0.05, 0) is 12.1 Å². The molecular formula is C19H16ClFN4O5. The summed E-state index contributed by atoms with van der Waals surface area (Å²) in [5.74, 6) is -1.01. The molecule has 9 nitrogen and oxygen atoms in total. The summed E-state index contributed by atoms with van der Waals surface area (Å²) in [6.07, 6.45) is -1.56. The predicted molar refractivity (Wildman–Crippen MR) is 101 cm³/mol. The van der Waals surface area contributed by atoms with Gasteiger partial charge < -0.3 is 14.2 Å². The summed E-state index contributed by atoms with van der Waals surface area (Å²) < 4.78 is 31.7. The molecule has 1 aliphatic rings. The lowest BCUT2D eigenvalue weighted by Crippen LogP contribution is -2.24. The molecule has 11 heteroatoms. The van der Waals surface area contributed by atoms with Crippen LogP contribution in [0, 0.1) is 6.08 Å². The van der Waals surface area contributed by atoms with Crippen LogP contribution in [0.25, 0.3) is 11.2 Å². The number of aromatic nitrogens is 4. The van der Waals surface area contributed by atoms with Gasteiger partial charge in [-0.1, -0.05) is 29.8 Å². The zero-order valence-corrected chi connectivity index (χ0v) is 16.5. The normalized spacial score (nSPS) is 21.0. The fourth-order valence-corrected chi connectivity index (χ4v) is 3.46. The van der Waals surface area contributed by atoms with E-state index in [1.807, 2.05) is 0 Å². The standard InChI is InChI=1S/C19H16ClFN4O5/c1-10(26)29-13-7-12(8-28-18(27)11-5-3-2-4-6-11)30-17(13)25-9-22-14-15(20)23-19(21)24-16(14)25/h2-6,9,12-13,17H,7-8H2,1H3/t12-,13+,17+/m0/s1. The van der Waals surface area contributed by atoms with E-state index < -0.39 is 36.5 Å². The lowest BCUT2D eigenvalue weighted by Gasteiger charge is -2.19. The van der Waals surface area contributed by atoms with Gasteiger partial charge in [-0.2, -0.15) is 14.4 Å². The average Bonchev–Trinajstić information content (AvgIpc) is 3.30. The van der Waals surface area contributed by atoms with Crippen molar-refractivity contribution in [1.82, 2.24) is 19.5 Å². The number of carbonyl (C=O) groups is 2. The number of benzene rings is 1. The summed E-state index contributed by atoms with van der Waals surface area (Å²) in [6.45, 7) is 1.21. The lowest BCUT2D eigenvalue weighted by atomic mass is 10.2. The minimum atomic E-state index is -1.02. The topological polar surface area (TPSA) is 105 Å². The highest BCUT2D eigenvalue weighted by molar-refractivity contribution is 6.33. The summed E-state index contributed by atoms with van der Waals surface area (Å²) in [7, 11) is 0. The Morgan fingerprint density at radius 3 is 2.80 bits per heavy atom. The van der Waals surface area contributed by atoms with Crippen molar-refractivity contribution >= 4 is 34.7 Å². The zero-order chi connectivity index (χ0) is 21.3. The average molecular weight is 435 g/mol. The second-order valence-electron chi connectivity index (χ2n) is 6.60. The molecule has 0 aliphatic carbocycles. The molecule has 1 aliphatic heterocycles. The third kappa shape index (κ3) is 4.10. The zero-order valence-electron chi connectivity index (χ0n) is 15.7. The molecule has 4 rings (SSSR count). The Balaban J connectivity index is 1.54. The Labute approximate surface area is 174 Å². The number of halogens is 2. The van der Waals surface area contributed by atoms with Crippen molar-refractivity contribution < 1.29 is 28.2 Å². The molecule has 2 aromatic heterocycles. The molecular weight excluding hydrogens is 419 g/mol. The maximum Gasteiger partial charge on any atom is 0.338 e. The van der Waals surface area contributed by atoms with E-state index in [0.29, 0.717) is 5.56 Å². The molecule has 0 bridgehead atoms. The molecule has 0 radical (unpaired) electrons. The van der Waals surface area contributed by atoms with Crippen LogP contribution >= 0.6 is 11.6 Å². The van der Waals surface area contributed by atoms with Gasteiger partial charge >= 0.3 is 18.0 Å². The van der Waals surface area contributed by atoms with Crippen LogP contribution in [0.3, 0.4) is 0 Å². The third-order valence-corrected chi connectivity index (χ3v) is 4.76. The van der Waals surface area contributed by atoms with Crippen molar-refractivity contribution in [2.24, 2.45) is 0 Å². The number of hydrogen-bond donors (Lipinski definition) is 0. The van der Waals surface area contributed by atoms with Crippen LogP contribution in [-0.2, 0) is 19.0 Å². The first-order valence-corrected chi connectivity index (χ1v) is 9.40. The molecule has 1 fully saturated rings. The molecule has 30 heavy (non-hydrogen) atoms. The largest absolute Gasteiger partial charge is 0.459 e. The number of rotatable bonds is 5. The molecule has 0 N–H and O–H groups in total. The Morgan fingerprint density at radius 2 is 2.07 bits per heavy atom. The molecule has 156 valence electrons. The fraction of sp³-hybridized carbons (Fsp3) is 0.316. The van der Waals surface area contributed by atoms with Crippen molar-refractivity contribution in [3.63, 3.8) is 0 Å². The Hall–Kier alpha value is -3.11. The van der Waals surface area contributed by atoms with Gasteiger partial charge in [0, 0.05) is 13.3 Å². The number of nitrogens with zero attached hydrogens (tertiary/aromatic N) is 4. The molecule has 3 atom stereocenters. The minimum absolute atomic E-state index is 0.0568. The Bertz CT molecular complexity index is 1090. The fourth-order valence-electron chi connectivity index (χ4n) is 3.26. The molecule has 0 amide bonds. The van der Waals surface area contributed by atoms with E-state index in [2.05, 4.69) is 15.0 Å². The van der Waals surface area contributed by atoms with E-state index in [1.165, 1.54) is 17.8 Å². The second kappa shape index (κ2) is 8.33. The highest BCUT2D eigenvalue weighted by atomic mass is 35.5. The lowest BCUT2D eigenvalue weighted by molar-refractivity contribution is -0.152. The molecule has 3 aromatic rings.